The van der Waals surface area contributed by atoms with Gasteiger partial charge in [0.1, 0.15) is 5.75 Å². The van der Waals surface area contributed by atoms with Crippen molar-refractivity contribution in [2.75, 3.05) is 44.0 Å². The average molecular weight is 435 g/mol. The van der Waals surface area contributed by atoms with Crippen LogP contribution in [0.25, 0.3) is 11.3 Å². The number of halogens is 1. The topological polar surface area (TPSA) is 112 Å². The van der Waals surface area contributed by atoms with Crippen LogP contribution in [0, 0.1) is 0 Å². The Balaban J connectivity index is 1.47. The molecule has 1 saturated heterocycles. The molecule has 3 heterocycles. The number of nitrogens with zero attached hydrogens (tertiary/aromatic N) is 5. The predicted molar refractivity (Wildman–Crippen MR) is 110 cm³/mol. The van der Waals surface area contributed by atoms with E-state index in [4.69, 9.17) is 31.2 Å². The Morgan fingerprint density at radius 2 is 2.07 bits per heavy atom. The fraction of sp³-hybridized carbons (Fsp3) is 0.333. The third-order valence-corrected chi connectivity index (χ3v) is 5.39. The Bertz CT molecular complexity index is 995. The van der Waals surface area contributed by atoms with E-state index < -0.39 is 0 Å². The summed E-state index contributed by atoms with van der Waals surface area (Å²) >= 11 is 7.65. The minimum atomic E-state index is 0.181. The van der Waals surface area contributed by atoms with Gasteiger partial charge in [0, 0.05) is 18.7 Å². The first-order chi connectivity index (χ1) is 14.1. The number of hydrogen-bond acceptors (Lipinski definition) is 10. The first-order valence-electron chi connectivity index (χ1n) is 8.88. The third kappa shape index (κ3) is 4.72. The number of thioether (sulfide) groups is 1. The van der Waals surface area contributed by atoms with Crippen LogP contribution >= 0.6 is 23.4 Å². The second-order valence-corrected chi connectivity index (χ2v) is 7.48. The van der Waals surface area contributed by atoms with Gasteiger partial charge in [-0.2, -0.15) is 15.0 Å². The van der Waals surface area contributed by atoms with E-state index in [1.807, 2.05) is 4.90 Å². The molecule has 2 aromatic heterocycles. The third-order valence-electron chi connectivity index (χ3n) is 4.23. The van der Waals surface area contributed by atoms with Crippen molar-refractivity contribution in [1.29, 1.82) is 0 Å². The van der Waals surface area contributed by atoms with Crippen LogP contribution < -0.4 is 15.4 Å². The summed E-state index contributed by atoms with van der Waals surface area (Å²) in [4.78, 5) is 19.3. The van der Waals surface area contributed by atoms with Crippen LogP contribution in [0.5, 0.6) is 5.75 Å². The summed E-state index contributed by atoms with van der Waals surface area (Å²) in [5.74, 6) is 2.95. The Morgan fingerprint density at radius 1 is 1.24 bits per heavy atom. The maximum Gasteiger partial charge on any atom is 0.231 e. The van der Waals surface area contributed by atoms with Gasteiger partial charge in [-0.25, -0.2) is 4.98 Å². The molecule has 11 heteroatoms. The van der Waals surface area contributed by atoms with Crippen molar-refractivity contribution in [2.45, 2.75) is 10.9 Å². The number of rotatable bonds is 6. The fourth-order valence-electron chi connectivity index (χ4n) is 2.78. The summed E-state index contributed by atoms with van der Waals surface area (Å²) in [6.07, 6.45) is 1.64. The lowest BCUT2D eigenvalue weighted by atomic mass is 10.2. The Kier molecular flexibility index (Phi) is 6.02. The molecule has 2 N–H and O–H groups in total. The summed E-state index contributed by atoms with van der Waals surface area (Å²) in [5, 5.41) is 1.07. The highest BCUT2D eigenvalue weighted by atomic mass is 35.5. The molecule has 0 unspecified atom stereocenters. The summed E-state index contributed by atoms with van der Waals surface area (Å²) in [6.45, 7) is 2.72. The molecule has 1 fully saturated rings. The maximum absolute atomic E-state index is 6.28. The zero-order valence-corrected chi connectivity index (χ0v) is 17.2. The number of ether oxygens (including phenoxy) is 2. The molecule has 29 heavy (non-hydrogen) atoms. The number of aromatic nitrogens is 4. The van der Waals surface area contributed by atoms with E-state index in [0.29, 0.717) is 58.1 Å². The highest BCUT2D eigenvalue weighted by molar-refractivity contribution is 7.98. The zero-order valence-electron chi connectivity index (χ0n) is 15.7. The van der Waals surface area contributed by atoms with Crippen LogP contribution in [0.2, 0.25) is 5.02 Å². The van der Waals surface area contributed by atoms with Gasteiger partial charge in [0.15, 0.2) is 10.9 Å². The molecule has 0 saturated carbocycles. The van der Waals surface area contributed by atoms with Gasteiger partial charge >= 0.3 is 0 Å². The van der Waals surface area contributed by atoms with Crippen molar-refractivity contribution in [3.8, 4) is 17.1 Å². The summed E-state index contributed by atoms with van der Waals surface area (Å²) in [5.41, 5.74) is 6.58. The van der Waals surface area contributed by atoms with Gasteiger partial charge < -0.3 is 24.5 Å². The Morgan fingerprint density at radius 3 is 2.86 bits per heavy atom. The number of nitrogens with two attached hydrogens (primary N) is 1. The normalized spacial score (nSPS) is 14.2. The van der Waals surface area contributed by atoms with E-state index in [9.17, 15) is 0 Å². The molecule has 0 aliphatic carbocycles. The van der Waals surface area contributed by atoms with E-state index in [-0.39, 0.29) is 5.95 Å². The lowest BCUT2D eigenvalue weighted by Gasteiger charge is -2.26. The van der Waals surface area contributed by atoms with Gasteiger partial charge in [-0.05, 0) is 18.2 Å². The Hall–Kier alpha value is -2.56. The standard InChI is InChI=1S/C18H19ClN6O3S/c1-26-11-2-3-13(19)12(8-11)14-9-21-15(28-14)10-29-18-23-16(20)22-17(24-18)25-4-6-27-7-5-25/h2-3,8-9H,4-7,10H2,1H3,(H2,20,22,23,24). The van der Waals surface area contributed by atoms with Crippen LogP contribution in [0.4, 0.5) is 11.9 Å². The largest absolute Gasteiger partial charge is 0.497 e. The predicted octanol–water partition coefficient (Wildman–Crippen LogP) is 2.90. The van der Waals surface area contributed by atoms with Gasteiger partial charge in [0.05, 0.1) is 37.3 Å². The maximum atomic E-state index is 6.28. The van der Waals surface area contributed by atoms with Crippen molar-refractivity contribution in [3.63, 3.8) is 0 Å². The van der Waals surface area contributed by atoms with E-state index >= 15 is 0 Å². The van der Waals surface area contributed by atoms with E-state index in [1.165, 1.54) is 11.8 Å². The van der Waals surface area contributed by atoms with Gasteiger partial charge in [-0.1, -0.05) is 23.4 Å². The van der Waals surface area contributed by atoms with Crippen molar-refractivity contribution >= 4 is 35.3 Å². The first-order valence-corrected chi connectivity index (χ1v) is 10.2. The van der Waals surface area contributed by atoms with Crippen LogP contribution in [0.3, 0.4) is 0 Å². The van der Waals surface area contributed by atoms with E-state index in [0.717, 1.165) is 13.1 Å². The fourth-order valence-corrected chi connectivity index (χ4v) is 3.68. The molecule has 0 atom stereocenters. The van der Waals surface area contributed by atoms with E-state index in [2.05, 4.69) is 19.9 Å². The minimum Gasteiger partial charge on any atom is -0.497 e. The van der Waals surface area contributed by atoms with Gasteiger partial charge in [0.2, 0.25) is 17.8 Å². The summed E-state index contributed by atoms with van der Waals surface area (Å²) < 4.78 is 16.5. The highest BCUT2D eigenvalue weighted by Gasteiger charge is 2.17. The average Bonchev–Trinajstić information content (AvgIpc) is 3.22. The van der Waals surface area contributed by atoms with Crippen molar-refractivity contribution in [1.82, 2.24) is 19.9 Å². The van der Waals surface area contributed by atoms with Crippen LogP contribution in [-0.4, -0.2) is 53.3 Å². The number of benzene rings is 1. The summed E-state index contributed by atoms with van der Waals surface area (Å²) in [7, 11) is 1.60. The second-order valence-electron chi connectivity index (χ2n) is 6.13. The van der Waals surface area contributed by atoms with Crippen LogP contribution in [-0.2, 0) is 10.5 Å². The molecular formula is C18H19ClN6O3S. The molecule has 1 aromatic carbocycles. The van der Waals surface area contributed by atoms with E-state index in [1.54, 1.807) is 31.5 Å². The molecule has 1 aliphatic heterocycles. The molecule has 0 bridgehead atoms. The molecule has 1 aliphatic rings. The van der Waals surface area contributed by atoms with Gasteiger partial charge in [0.25, 0.3) is 0 Å². The number of methoxy groups -OCH3 is 1. The molecule has 0 amide bonds. The minimum absolute atomic E-state index is 0.181. The molecule has 3 aromatic rings. The zero-order chi connectivity index (χ0) is 20.2. The number of hydrogen-bond donors (Lipinski definition) is 1. The number of anilines is 2. The lowest BCUT2D eigenvalue weighted by molar-refractivity contribution is 0.122. The molecule has 9 nitrogen and oxygen atoms in total. The first kappa shape index (κ1) is 19.7. The summed E-state index contributed by atoms with van der Waals surface area (Å²) in [6, 6.07) is 5.35. The molecule has 0 radical (unpaired) electrons. The SMILES string of the molecule is COc1ccc(Cl)c(-c2cnc(CSc3nc(N)nc(N4CCOCC4)n3)o2)c1. The lowest BCUT2D eigenvalue weighted by Crippen LogP contribution is -2.37. The van der Waals surface area contributed by atoms with Crippen molar-refractivity contribution in [3.05, 3.63) is 35.3 Å². The number of morpholine rings is 1. The molecular weight excluding hydrogens is 416 g/mol. The molecule has 0 spiro atoms. The second kappa shape index (κ2) is 8.85. The Labute approximate surface area is 176 Å². The molecule has 152 valence electrons. The quantitative estimate of drug-likeness (QED) is 0.581. The van der Waals surface area contributed by atoms with Gasteiger partial charge in [-0.3, -0.25) is 0 Å². The monoisotopic (exact) mass is 434 g/mol. The van der Waals surface area contributed by atoms with Crippen molar-refractivity contribution < 1.29 is 13.9 Å². The van der Waals surface area contributed by atoms with Crippen molar-refractivity contribution in [2.24, 2.45) is 0 Å². The number of nitrogen functional groups attached to an aromatic ring is 1. The smallest absolute Gasteiger partial charge is 0.231 e. The number of oxazole rings is 1. The van der Waals surface area contributed by atoms with Crippen LogP contribution in [0.1, 0.15) is 5.89 Å². The molecule has 4 rings (SSSR count). The highest BCUT2D eigenvalue weighted by Crippen LogP contribution is 2.33. The van der Waals surface area contributed by atoms with Crippen LogP contribution in [0.15, 0.2) is 34.0 Å². The van der Waals surface area contributed by atoms with Gasteiger partial charge in [-0.15, -0.1) is 0 Å².